The highest BCUT2D eigenvalue weighted by molar-refractivity contribution is 7.89. The van der Waals surface area contributed by atoms with Crippen LogP contribution in [0.2, 0.25) is 0 Å². The van der Waals surface area contributed by atoms with Gasteiger partial charge in [-0.2, -0.15) is 4.31 Å². The third kappa shape index (κ3) is 6.05. The molecule has 184 valence electrons. The van der Waals surface area contributed by atoms with Crippen LogP contribution in [-0.2, 0) is 14.8 Å². The molecular weight excluding hydrogens is 450 g/mol. The van der Waals surface area contributed by atoms with E-state index < -0.39 is 10.0 Å². The molecule has 0 bridgehead atoms. The van der Waals surface area contributed by atoms with Crippen LogP contribution < -0.4 is 5.32 Å². The van der Waals surface area contributed by atoms with Crippen molar-refractivity contribution in [3.63, 3.8) is 0 Å². The molecule has 0 aromatic heterocycles. The van der Waals surface area contributed by atoms with Crippen LogP contribution in [0, 0.1) is 0 Å². The Bertz CT molecular complexity index is 1030. The van der Waals surface area contributed by atoms with Gasteiger partial charge >= 0.3 is 0 Å². The van der Waals surface area contributed by atoms with Crippen LogP contribution >= 0.6 is 0 Å². The average Bonchev–Trinajstić information content (AvgIpc) is 2.89. The number of nitrogens with zero attached hydrogens (tertiary/aromatic N) is 2. The van der Waals surface area contributed by atoms with Crippen molar-refractivity contribution in [1.82, 2.24) is 14.5 Å². The average molecular weight is 486 g/mol. The van der Waals surface area contributed by atoms with E-state index in [1.54, 1.807) is 31.3 Å². The fraction of sp³-hybridized carbons (Fsp3) is 0.500. The molecule has 2 aromatic rings. The van der Waals surface area contributed by atoms with E-state index in [9.17, 15) is 13.2 Å². The highest BCUT2D eigenvalue weighted by Gasteiger charge is 2.29. The first-order valence-electron chi connectivity index (χ1n) is 12.2. The van der Waals surface area contributed by atoms with Gasteiger partial charge in [-0.05, 0) is 42.7 Å². The van der Waals surface area contributed by atoms with Crippen LogP contribution in [0.25, 0.3) is 0 Å². The normalized spacial score (nSPS) is 19.1. The maximum Gasteiger partial charge on any atom is 0.251 e. The van der Waals surface area contributed by atoms with Gasteiger partial charge in [0.25, 0.3) is 5.91 Å². The molecule has 1 amide bonds. The number of rotatable bonds is 8. The maximum atomic E-state index is 13.1. The van der Waals surface area contributed by atoms with Gasteiger partial charge < -0.3 is 10.1 Å². The van der Waals surface area contributed by atoms with Crippen LogP contribution in [0.1, 0.15) is 54.1 Å². The summed E-state index contributed by atoms with van der Waals surface area (Å²) in [4.78, 5) is 15.6. The second-order valence-electron chi connectivity index (χ2n) is 9.19. The quantitative estimate of drug-likeness (QED) is 0.620. The molecule has 7 nitrogen and oxygen atoms in total. The number of ether oxygens (including phenoxy) is 1. The first-order chi connectivity index (χ1) is 16.4. The minimum absolute atomic E-state index is 0.0496. The van der Waals surface area contributed by atoms with Gasteiger partial charge in [0.1, 0.15) is 0 Å². The summed E-state index contributed by atoms with van der Waals surface area (Å²) in [6.07, 6.45) is 5.11. The van der Waals surface area contributed by atoms with Crippen molar-refractivity contribution in [3.8, 4) is 0 Å². The van der Waals surface area contributed by atoms with Crippen molar-refractivity contribution in [1.29, 1.82) is 0 Å². The Kier molecular flexibility index (Phi) is 8.37. The van der Waals surface area contributed by atoms with Gasteiger partial charge in [-0.1, -0.05) is 49.6 Å². The predicted octanol–water partition coefficient (Wildman–Crippen LogP) is 3.44. The molecule has 2 aliphatic rings. The van der Waals surface area contributed by atoms with Gasteiger partial charge in [-0.3, -0.25) is 9.69 Å². The molecular formula is C26H35N3O4S. The Morgan fingerprint density at radius 1 is 1.03 bits per heavy atom. The van der Waals surface area contributed by atoms with Crippen molar-refractivity contribution in [3.05, 3.63) is 65.7 Å². The van der Waals surface area contributed by atoms with Crippen molar-refractivity contribution in [2.24, 2.45) is 0 Å². The first-order valence-corrected chi connectivity index (χ1v) is 13.6. The van der Waals surface area contributed by atoms with Gasteiger partial charge in [0.2, 0.25) is 10.0 Å². The fourth-order valence-electron chi connectivity index (χ4n) is 4.79. The molecule has 2 aromatic carbocycles. The lowest BCUT2D eigenvalue weighted by molar-refractivity contribution is 0.0332. The summed E-state index contributed by atoms with van der Waals surface area (Å²) in [5, 5.41) is 3.15. The summed E-state index contributed by atoms with van der Waals surface area (Å²) in [5.41, 5.74) is 1.48. The lowest BCUT2D eigenvalue weighted by Crippen LogP contribution is -2.43. The minimum Gasteiger partial charge on any atom is -0.379 e. The Morgan fingerprint density at radius 2 is 1.68 bits per heavy atom. The molecule has 4 rings (SSSR count). The van der Waals surface area contributed by atoms with E-state index in [0.717, 1.165) is 44.3 Å². The lowest BCUT2D eigenvalue weighted by atomic mass is 9.96. The van der Waals surface area contributed by atoms with Gasteiger partial charge in [0.15, 0.2) is 0 Å². The Hall–Kier alpha value is -2.26. The highest BCUT2D eigenvalue weighted by atomic mass is 32.2. The van der Waals surface area contributed by atoms with Gasteiger partial charge in [-0.25, -0.2) is 8.42 Å². The van der Waals surface area contributed by atoms with Crippen LogP contribution in [0.3, 0.4) is 0 Å². The number of amides is 1. The second kappa shape index (κ2) is 11.4. The molecule has 1 N–H and O–H groups in total. The molecule has 1 saturated carbocycles. The topological polar surface area (TPSA) is 79.0 Å². The number of nitrogens with one attached hydrogen (secondary N) is 1. The zero-order valence-electron chi connectivity index (χ0n) is 19.9. The summed E-state index contributed by atoms with van der Waals surface area (Å²) >= 11 is 0. The summed E-state index contributed by atoms with van der Waals surface area (Å²) in [7, 11) is -1.91. The first kappa shape index (κ1) is 24.9. The third-order valence-electron chi connectivity index (χ3n) is 6.93. The predicted molar refractivity (Wildman–Crippen MR) is 132 cm³/mol. The number of benzene rings is 2. The smallest absolute Gasteiger partial charge is 0.251 e. The largest absolute Gasteiger partial charge is 0.379 e. The van der Waals surface area contributed by atoms with Crippen LogP contribution in [0.15, 0.2) is 59.5 Å². The fourth-order valence-corrected chi connectivity index (χ4v) is 6.20. The molecule has 1 aliphatic carbocycles. The Balaban J connectivity index is 1.46. The molecule has 0 spiro atoms. The number of carbonyl (C=O) groups excluding carboxylic acids is 1. The minimum atomic E-state index is -3.58. The maximum absolute atomic E-state index is 13.1. The van der Waals surface area contributed by atoms with E-state index in [0.29, 0.717) is 25.3 Å². The summed E-state index contributed by atoms with van der Waals surface area (Å²) < 4.78 is 33.2. The number of hydrogen-bond donors (Lipinski definition) is 1. The van der Waals surface area contributed by atoms with Crippen LogP contribution in [0.4, 0.5) is 0 Å². The molecule has 1 atom stereocenters. The van der Waals surface area contributed by atoms with Crippen molar-refractivity contribution in [2.75, 3.05) is 39.9 Å². The Labute approximate surface area is 203 Å². The summed E-state index contributed by atoms with van der Waals surface area (Å²) in [6.45, 7) is 3.75. The highest BCUT2D eigenvalue weighted by Crippen LogP contribution is 2.26. The monoisotopic (exact) mass is 485 g/mol. The SMILES string of the molecule is CN(C1CCCCC1)S(=O)(=O)c1ccc(C(=O)N[C@@H](CN2CCOCC2)c2ccccc2)cc1. The van der Waals surface area contributed by atoms with Gasteiger partial charge in [-0.15, -0.1) is 0 Å². The number of carbonyl (C=O) groups is 1. The molecule has 1 saturated heterocycles. The second-order valence-corrected chi connectivity index (χ2v) is 11.2. The number of hydrogen-bond acceptors (Lipinski definition) is 5. The van der Waals surface area contributed by atoms with Crippen molar-refractivity contribution in [2.45, 2.75) is 49.1 Å². The molecule has 8 heteroatoms. The van der Waals surface area contributed by atoms with Crippen LogP contribution in [-0.4, -0.2) is 69.5 Å². The van der Waals surface area contributed by atoms with E-state index in [1.807, 2.05) is 30.3 Å². The van der Waals surface area contributed by atoms with E-state index in [1.165, 1.54) is 10.7 Å². The molecule has 0 unspecified atom stereocenters. The van der Waals surface area contributed by atoms with Crippen molar-refractivity contribution < 1.29 is 17.9 Å². The standard InChI is InChI=1S/C26H35N3O4S/c1-28(23-10-6-3-7-11-23)34(31,32)24-14-12-22(13-15-24)26(30)27-25(21-8-4-2-5-9-21)20-29-16-18-33-19-17-29/h2,4-5,8-9,12-15,23,25H,3,6-7,10-11,16-20H2,1H3,(H,27,30)/t25-/m0/s1. The third-order valence-corrected chi connectivity index (χ3v) is 8.86. The zero-order valence-corrected chi connectivity index (χ0v) is 20.7. The van der Waals surface area contributed by atoms with E-state index in [4.69, 9.17) is 4.74 Å². The van der Waals surface area contributed by atoms with Gasteiger partial charge in [0.05, 0.1) is 24.2 Å². The van der Waals surface area contributed by atoms with E-state index in [-0.39, 0.29) is 22.9 Å². The molecule has 34 heavy (non-hydrogen) atoms. The Morgan fingerprint density at radius 3 is 2.32 bits per heavy atom. The van der Waals surface area contributed by atoms with E-state index in [2.05, 4.69) is 10.2 Å². The lowest BCUT2D eigenvalue weighted by Gasteiger charge is -2.31. The molecule has 1 aliphatic heterocycles. The van der Waals surface area contributed by atoms with Crippen molar-refractivity contribution >= 4 is 15.9 Å². The number of sulfonamides is 1. The van der Waals surface area contributed by atoms with Gasteiger partial charge in [0, 0.05) is 38.3 Å². The van der Waals surface area contributed by atoms with E-state index >= 15 is 0 Å². The zero-order chi connectivity index (χ0) is 24.0. The van der Waals surface area contributed by atoms with Crippen LogP contribution in [0.5, 0.6) is 0 Å². The number of morpholine rings is 1. The summed E-state index contributed by atoms with van der Waals surface area (Å²) in [6, 6.07) is 16.1. The molecule has 0 radical (unpaired) electrons. The molecule has 2 fully saturated rings. The summed E-state index contributed by atoms with van der Waals surface area (Å²) in [5.74, 6) is -0.216. The molecule has 1 heterocycles.